The summed E-state index contributed by atoms with van der Waals surface area (Å²) in [6, 6.07) is 1.22. The summed E-state index contributed by atoms with van der Waals surface area (Å²) in [6.45, 7) is 3.99. The first-order valence-electron chi connectivity index (χ1n) is 14.1. The van der Waals surface area contributed by atoms with E-state index in [0.717, 1.165) is 86.8 Å². The molecule has 2 saturated heterocycles. The third-order valence-corrected chi connectivity index (χ3v) is 8.81. The lowest BCUT2D eigenvalue weighted by Crippen LogP contribution is -2.39. The van der Waals surface area contributed by atoms with Crippen LogP contribution in [0.4, 0.5) is 11.8 Å². The lowest BCUT2D eigenvalue weighted by atomic mass is 9.87. The molecule has 1 atom stereocenters. The van der Waals surface area contributed by atoms with Gasteiger partial charge in [-0.25, -0.2) is 9.99 Å². The molecule has 0 amide bonds. The van der Waals surface area contributed by atoms with Gasteiger partial charge in [0.25, 0.3) is 0 Å². The normalized spacial score (nSPS) is 29.2. The summed E-state index contributed by atoms with van der Waals surface area (Å²) in [7, 11) is 0. The van der Waals surface area contributed by atoms with E-state index in [4.69, 9.17) is 25.4 Å². The Bertz CT molecular complexity index is 967. The van der Waals surface area contributed by atoms with Gasteiger partial charge in [-0.15, -0.1) is 0 Å². The fourth-order valence-corrected chi connectivity index (χ4v) is 6.63. The van der Waals surface area contributed by atoms with E-state index < -0.39 is 0 Å². The SMILES string of the molecule is NC1CCC(Nc2nc(NN3CCC(CC4CCOC4)CC3)c3ncn(C4CCCC4)c3n2)CC1. The van der Waals surface area contributed by atoms with Crippen LogP contribution in [0, 0.1) is 11.8 Å². The number of hydrogen-bond acceptors (Lipinski definition) is 8. The predicted molar refractivity (Wildman–Crippen MR) is 138 cm³/mol. The summed E-state index contributed by atoms with van der Waals surface area (Å²) < 4.78 is 7.89. The minimum absolute atomic E-state index is 0.335. The first kappa shape index (κ1) is 23.4. The van der Waals surface area contributed by atoms with Gasteiger partial charge in [0.15, 0.2) is 17.0 Å². The molecule has 9 heteroatoms. The number of anilines is 2. The molecule has 0 aromatic carbocycles. The first-order valence-corrected chi connectivity index (χ1v) is 14.1. The number of nitrogens with one attached hydrogen (secondary N) is 2. The van der Waals surface area contributed by atoms with Crippen molar-refractivity contribution in [2.45, 2.75) is 95.2 Å². The minimum Gasteiger partial charge on any atom is -0.381 e. The van der Waals surface area contributed by atoms with Gasteiger partial charge < -0.3 is 25.8 Å². The third-order valence-electron chi connectivity index (χ3n) is 8.81. The highest BCUT2D eigenvalue weighted by atomic mass is 16.5. The van der Waals surface area contributed by atoms with E-state index >= 15 is 0 Å². The van der Waals surface area contributed by atoms with Crippen molar-refractivity contribution in [3.8, 4) is 0 Å². The van der Waals surface area contributed by atoms with Crippen molar-refractivity contribution in [1.29, 1.82) is 0 Å². The van der Waals surface area contributed by atoms with E-state index in [-0.39, 0.29) is 0 Å². The van der Waals surface area contributed by atoms with Gasteiger partial charge in [-0.2, -0.15) is 9.97 Å². The number of imidazole rings is 1. The van der Waals surface area contributed by atoms with Crippen molar-refractivity contribution in [2.75, 3.05) is 37.0 Å². The lowest BCUT2D eigenvalue weighted by molar-refractivity contribution is 0.163. The van der Waals surface area contributed by atoms with E-state index in [1.54, 1.807) is 0 Å². The van der Waals surface area contributed by atoms with Gasteiger partial charge in [-0.3, -0.25) is 0 Å². The monoisotopic (exact) mass is 482 g/mol. The summed E-state index contributed by atoms with van der Waals surface area (Å²) in [5.41, 5.74) is 11.6. The number of hydrazine groups is 1. The number of hydrogen-bond donors (Lipinski definition) is 3. The smallest absolute Gasteiger partial charge is 0.227 e. The van der Waals surface area contributed by atoms with Gasteiger partial charge in [-0.1, -0.05) is 12.8 Å². The summed E-state index contributed by atoms with van der Waals surface area (Å²) >= 11 is 0. The van der Waals surface area contributed by atoms with Crippen LogP contribution in [-0.4, -0.2) is 62.9 Å². The van der Waals surface area contributed by atoms with Crippen molar-refractivity contribution in [1.82, 2.24) is 24.5 Å². The highest BCUT2D eigenvalue weighted by molar-refractivity contribution is 5.84. The molecule has 35 heavy (non-hydrogen) atoms. The van der Waals surface area contributed by atoms with Crippen molar-refractivity contribution < 1.29 is 4.74 Å². The zero-order valence-corrected chi connectivity index (χ0v) is 21.0. The third kappa shape index (κ3) is 5.42. The molecule has 0 radical (unpaired) electrons. The summed E-state index contributed by atoms with van der Waals surface area (Å²) in [4.78, 5) is 14.7. The van der Waals surface area contributed by atoms with Crippen LogP contribution in [0.25, 0.3) is 11.2 Å². The fourth-order valence-electron chi connectivity index (χ4n) is 6.63. The Morgan fingerprint density at radius 3 is 2.49 bits per heavy atom. The van der Waals surface area contributed by atoms with Gasteiger partial charge in [0.1, 0.15) is 0 Å². The number of rotatable bonds is 7. The molecule has 4 fully saturated rings. The quantitative estimate of drug-likeness (QED) is 0.542. The molecule has 4 heterocycles. The van der Waals surface area contributed by atoms with Gasteiger partial charge in [0.05, 0.1) is 6.33 Å². The largest absolute Gasteiger partial charge is 0.381 e. The van der Waals surface area contributed by atoms with Crippen LogP contribution >= 0.6 is 0 Å². The molecule has 9 nitrogen and oxygen atoms in total. The maximum atomic E-state index is 6.13. The van der Waals surface area contributed by atoms with E-state index in [0.29, 0.717) is 18.1 Å². The predicted octanol–water partition coefficient (Wildman–Crippen LogP) is 4.09. The Labute approximate surface area is 208 Å². The van der Waals surface area contributed by atoms with Crippen molar-refractivity contribution >= 4 is 22.9 Å². The van der Waals surface area contributed by atoms with Gasteiger partial charge in [-0.05, 0) is 76.0 Å². The Morgan fingerprint density at radius 1 is 0.943 bits per heavy atom. The van der Waals surface area contributed by atoms with Gasteiger partial charge >= 0.3 is 0 Å². The maximum absolute atomic E-state index is 6.13. The number of ether oxygens (including phenoxy) is 1. The number of aromatic nitrogens is 4. The van der Waals surface area contributed by atoms with E-state index in [1.165, 1.54) is 51.4 Å². The fraction of sp³-hybridized carbons (Fsp3) is 0.808. The van der Waals surface area contributed by atoms with Gasteiger partial charge in [0.2, 0.25) is 5.95 Å². The van der Waals surface area contributed by atoms with E-state index in [9.17, 15) is 0 Å². The van der Waals surface area contributed by atoms with E-state index in [2.05, 4.69) is 20.3 Å². The van der Waals surface area contributed by atoms with E-state index in [1.807, 2.05) is 6.33 Å². The van der Waals surface area contributed by atoms with Crippen LogP contribution in [0.1, 0.15) is 83.1 Å². The van der Waals surface area contributed by atoms with Crippen molar-refractivity contribution in [3.63, 3.8) is 0 Å². The molecule has 2 aromatic rings. The standard InChI is InChI=1S/C26H42N8O/c27-20-5-7-21(8-6-20)29-26-30-24(23-25(31-26)34(17-28-23)22-3-1-2-4-22)32-33-12-9-18(10-13-33)15-19-11-14-35-16-19/h17-22H,1-16,27H2,(H2,29,30,31,32). The van der Waals surface area contributed by atoms with Crippen LogP contribution in [0.3, 0.4) is 0 Å². The van der Waals surface area contributed by atoms with Gasteiger partial charge in [0, 0.05) is 44.4 Å². The first-order chi connectivity index (χ1) is 17.2. The molecule has 1 unspecified atom stereocenters. The zero-order chi connectivity index (χ0) is 23.6. The second kappa shape index (κ2) is 10.6. The Hall–Kier alpha value is -1.97. The maximum Gasteiger partial charge on any atom is 0.227 e. The Kier molecular flexibility index (Phi) is 7.07. The van der Waals surface area contributed by atoms with Crippen LogP contribution in [0.2, 0.25) is 0 Å². The van der Waals surface area contributed by atoms with Crippen LogP contribution in [0.5, 0.6) is 0 Å². The molecule has 6 rings (SSSR count). The molecule has 4 aliphatic rings. The summed E-state index contributed by atoms with van der Waals surface area (Å²) in [5.74, 6) is 3.13. The number of fused-ring (bicyclic) bond motifs is 1. The number of nitrogens with zero attached hydrogens (tertiary/aromatic N) is 5. The second-order valence-corrected chi connectivity index (χ2v) is 11.4. The average molecular weight is 483 g/mol. The van der Waals surface area contributed by atoms with Crippen LogP contribution in [-0.2, 0) is 4.74 Å². The molecule has 4 N–H and O–H groups in total. The highest BCUT2D eigenvalue weighted by Gasteiger charge is 2.27. The number of nitrogens with two attached hydrogens (primary N) is 1. The Morgan fingerprint density at radius 2 is 1.74 bits per heavy atom. The average Bonchev–Trinajstić information content (AvgIpc) is 3.64. The number of piperidine rings is 1. The van der Waals surface area contributed by atoms with Crippen LogP contribution < -0.4 is 16.5 Å². The molecule has 192 valence electrons. The molecule has 0 spiro atoms. The molecule has 2 saturated carbocycles. The minimum atomic E-state index is 0.335. The highest BCUT2D eigenvalue weighted by Crippen LogP contribution is 2.34. The summed E-state index contributed by atoms with van der Waals surface area (Å²) in [6.07, 6.45) is 16.3. The molecule has 2 aromatic heterocycles. The lowest BCUT2D eigenvalue weighted by Gasteiger charge is -2.33. The topological polar surface area (TPSA) is 106 Å². The summed E-state index contributed by atoms with van der Waals surface area (Å²) in [5, 5.41) is 5.97. The molecule has 0 bridgehead atoms. The van der Waals surface area contributed by atoms with Crippen molar-refractivity contribution in [2.24, 2.45) is 17.6 Å². The molecular formula is C26H42N8O. The molecule has 2 aliphatic heterocycles. The Balaban J connectivity index is 1.18. The van der Waals surface area contributed by atoms with Crippen molar-refractivity contribution in [3.05, 3.63) is 6.33 Å². The van der Waals surface area contributed by atoms with Crippen LogP contribution in [0.15, 0.2) is 6.33 Å². The molecular weight excluding hydrogens is 440 g/mol. The molecule has 2 aliphatic carbocycles. The second-order valence-electron chi connectivity index (χ2n) is 11.4. The zero-order valence-electron chi connectivity index (χ0n) is 21.0.